The van der Waals surface area contributed by atoms with Crippen molar-refractivity contribution in [1.82, 2.24) is 0 Å². The van der Waals surface area contributed by atoms with Crippen LogP contribution in [-0.2, 0) is 4.79 Å². The molecule has 2 nitrogen and oxygen atoms in total. The van der Waals surface area contributed by atoms with Crippen molar-refractivity contribution in [2.45, 2.75) is 0 Å². The lowest BCUT2D eigenvalue weighted by Crippen LogP contribution is -2.03. The van der Waals surface area contributed by atoms with Gasteiger partial charge in [-0.2, -0.15) is 0 Å². The molecule has 0 saturated carbocycles. The Bertz CT molecular complexity index is 1290. The van der Waals surface area contributed by atoms with Crippen LogP contribution in [0, 0.1) is 0 Å². The van der Waals surface area contributed by atoms with Crippen molar-refractivity contribution in [3.63, 3.8) is 0 Å². The lowest BCUT2D eigenvalue weighted by molar-refractivity contribution is -0.128. The van der Waals surface area contributed by atoms with Gasteiger partial charge in [0.2, 0.25) is 0 Å². The molecule has 0 fully saturated rings. The fourth-order valence-corrected chi connectivity index (χ4v) is 3.86. The van der Waals surface area contributed by atoms with Crippen LogP contribution in [0.4, 0.5) is 0 Å². The van der Waals surface area contributed by atoms with Gasteiger partial charge in [0.15, 0.2) is 0 Å². The van der Waals surface area contributed by atoms with Crippen molar-refractivity contribution in [1.29, 1.82) is 0 Å². The van der Waals surface area contributed by atoms with E-state index in [0.29, 0.717) is 5.75 Å². The molecule has 25 heavy (non-hydrogen) atoms. The van der Waals surface area contributed by atoms with Crippen molar-refractivity contribution in [2.24, 2.45) is 0 Å². The van der Waals surface area contributed by atoms with E-state index in [4.69, 9.17) is 4.74 Å². The normalized spacial score (nSPS) is 11.5. The van der Waals surface area contributed by atoms with E-state index in [1.807, 2.05) is 18.2 Å². The third-order valence-electron chi connectivity index (χ3n) is 4.85. The predicted octanol–water partition coefficient (Wildman–Crippen LogP) is 5.83. The van der Waals surface area contributed by atoms with Crippen molar-refractivity contribution >= 4 is 49.1 Å². The average Bonchev–Trinajstić information content (AvgIpc) is 2.66. The largest absolute Gasteiger partial charge is 0.423 e. The van der Waals surface area contributed by atoms with Gasteiger partial charge in [-0.1, -0.05) is 67.2 Å². The third kappa shape index (κ3) is 1.88. The van der Waals surface area contributed by atoms with E-state index in [1.54, 1.807) is 0 Å². The van der Waals surface area contributed by atoms with Crippen LogP contribution in [0.2, 0.25) is 0 Å². The third-order valence-corrected chi connectivity index (χ3v) is 4.85. The summed E-state index contributed by atoms with van der Waals surface area (Å²) in [6.07, 6.45) is 1.19. The van der Waals surface area contributed by atoms with Gasteiger partial charge < -0.3 is 4.74 Å². The minimum absolute atomic E-state index is 0.445. The molecule has 0 bridgehead atoms. The molecule has 0 aromatic heterocycles. The Morgan fingerprint density at radius 3 is 2.00 bits per heavy atom. The number of carbonyl (C=O) groups is 1. The zero-order chi connectivity index (χ0) is 17.0. The molecule has 0 unspecified atom stereocenters. The molecule has 118 valence electrons. The molecule has 0 N–H and O–H groups in total. The molecular weight excluding hydrogens is 308 g/mol. The maximum atomic E-state index is 11.8. The second kappa shape index (κ2) is 5.05. The van der Waals surface area contributed by atoms with Crippen LogP contribution >= 0.6 is 0 Å². The molecule has 0 radical (unpaired) electrons. The first-order chi connectivity index (χ1) is 12.3. The summed E-state index contributed by atoms with van der Waals surface area (Å²) < 4.78 is 5.57. The Hall–Kier alpha value is -3.39. The number of hydrogen-bond donors (Lipinski definition) is 0. The molecule has 0 atom stereocenters. The quantitative estimate of drug-likeness (QED) is 0.134. The van der Waals surface area contributed by atoms with E-state index in [0.717, 1.165) is 21.5 Å². The van der Waals surface area contributed by atoms with E-state index in [-0.39, 0.29) is 0 Å². The number of rotatable bonds is 2. The van der Waals surface area contributed by atoms with Gasteiger partial charge in [0.1, 0.15) is 5.75 Å². The van der Waals surface area contributed by atoms with Gasteiger partial charge in [-0.05, 0) is 38.4 Å². The maximum Gasteiger partial charge on any atom is 0.335 e. The smallest absolute Gasteiger partial charge is 0.335 e. The molecule has 0 saturated heterocycles. The highest BCUT2D eigenvalue weighted by atomic mass is 16.5. The number of ether oxygens (including phenoxy) is 1. The highest BCUT2D eigenvalue weighted by Gasteiger charge is 2.16. The van der Waals surface area contributed by atoms with Gasteiger partial charge in [0, 0.05) is 16.8 Å². The summed E-state index contributed by atoms with van der Waals surface area (Å²) in [6, 6.07) is 22.8. The molecular formula is C23H14O2. The predicted molar refractivity (Wildman–Crippen MR) is 103 cm³/mol. The number of hydrogen-bond acceptors (Lipinski definition) is 2. The fourth-order valence-electron chi connectivity index (χ4n) is 3.86. The van der Waals surface area contributed by atoms with Gasteiger partial charge in [-0.25, -0.2) is 4.79 Å². The second-order valence-corrected chi connectivity index (χ2v) is 6.18. The molecule has 5 rings (SSSR count). The highest BCUT2D eigenvalue weighted by molar-refractivity contribution is 6.34. The Balaban J connectivity index is 2.10. The summed E-state index contributed by atoms with van der Waals surface area (Å²) in [6.45, 7) is 3.51. The van der Waals surface area contributed by atoms with Crippen molar-refractivity contribution in [3.05, 3.63) is 79.4 Å². The topological polar surface area (TPSA) is 26.3 Å². The Morgan fingerprint density at radius 2 is 1.32 bits per heavy atom. The van der Waals surface area contributed by atoms with Gasteiger partial charge in [-0.15, -0.1) is 0 Å². The van der Waals surface area contributed by atoms with E-state index in [9.17, 15) is 4.79 Å². The highest BCUT2D eigenvalue weighted by Crippen LogP contribution is 2.43. The summed E-state index contributed by atoms with van der Waals surface area (Å²) in [5.41, 5.74) is 0. The fraction of sp³-hybridized carbons (Fsp3) is 0. The summed E-state index contributed by atoms with van der Waals surface area (Å²) in [4.78, 5) is 11.8. The first-order valence-electron chi connectivity index (χ1n) is 8.20. The molecule has 0 aliphatic carbocycles. The first-order valence-corrected chi connectivity index (χ1v) is 8.20. The summed E-state index contributed by atoms with van der Waals surface area (Å²) in [7, 11) is 0. The van der Waals surface area contributed by atoms with Crippen LogP contribution in [0.25, 0.3) is 43.1 Å². The van der Waals surface area contributed by atoms with Gasteiger partial charge in [0.05, 0.1) is 0 Å². The minimum atomic E-state index is -0.445. The Kier molecular flexibility index (Phi) is 2.83. The van der Waals surface area contributed by atoms with Crippen LogP contribution in [-0.4, -0.2) is 5.97 Å². The SMILES string of the molecule is C=CC(=O)Oc1ccc2cccc3c4cccc5cccc(c1c23)c54. The molecule has 0 spiro atoms. The van der Waals surface area contributed by atoms with Gasteiger partial charge in [-0.3, -0.25) is 0 Å². The van der Waals surface area contributed by atoms with Crippen molar-refractivity contribution in [2.75, 3.05) is 0 Å². The first kappa shape index (κ1) is 14.0. The lowest BCUT2D eigenvalue weighted by atomic mass is 9.89. The van der Waals surface area contributed by atoms with E-state index in [2.05, 4.69) is 55.1 Å². The monoisotopic (exact) mass is 322 g/mol. The average molecular weight is 322 g/mol. The Labute approximate surface area is 144 Å². The van der Waals surface area contributed by atoms with Gasteiger partial charge >= 0.3 is 5.97 Å². The number of benzene rings is 5. The van der Waals surface area contributed by atoms with E-state index in [1.165, 1.54) is 27.6 Å². The maximum absolute atomic E-state index is 11.8. The van der Waals surface area contributed by atoms with Crippen molar-refractivity contribution in [3.8, 4) is 5.75 Å². The zero-order valence-electron chi connectivity index (χ0n) is 13.5. The molecule has 2 heteroatoms. The standard InChI is InChI=1S/C23H14O2/c1-2-20(24)25-19-13-12-15-8-4-10-17-16-9-3-6-14-7-5-11-18(21(14)16)23(19)22(15)17/h2-13H,1H2. The summed E-state index contributed by atoms with van der Waals surface area (Å²) >= 11 is 0. The molecule has 0 heterocycles. The Morgan fingerprint density at radius 1 is 0.720 bits per heavy atom. The molecule has 5 aromatic rings. The number of carbonyl (C=O) groups excluding carboxylic acids is 1. The van der Waals surface area contributed by atoms with E-state index < -0.39 is 5.97 Å². The van der Waals surface area contributed by atoms with Crippen LogP contribution in [0.1, 0.15) is 0 Å². The van der Waals surface area contributed by atoms with Crippen LogP contribution in [0.5, 0.6) is 5.75 Å². The summed E-state index contributed by atoms with van der Waals surface area (Å²) in [5, 5.41) is 9.12. The van der Waals surface area contributed by atoms with Crippen LogP contribution in [0.15, 0.2) is 79.4 Å². The molecule has 0 aliphatic heterocycles. The summed E-state index contributed by atoms with van der Waals surface area (Å²) in [5.74, 6) is 0.131. The van der Waals surface area contributed by atoms with Gasteiger partial charge in [0.25, 0.3) is 0 Å². The number of esters is 1. The minimum Gasteiger partial charge on any atom is -0.423 e. The van der Waals surface area contributed by atoms with Crippen LogP contribution in [0.3, 0.4) is 0 Å². The van der Waals surface area contributed by atoms with Crippen LogP contribution < -0.4 is 4.74 Å². The second-order valence-electron chi connectivity index (χ2n) is 6.18. The molecule has 0 amide bonds. The molecule has 5 aromatic carbocycles. The number of fused-ring (bicyclic) bond motifs is 2. The lowest BCUT2D eigenvalue weighted by Gasteiger charge is -2.16. The van der Waals surface area contributed by atoms with Crippen molar-refractivity contribution < 1.29 is 9.53 Å². The van der Waals surface area contributed by atoms with E-state index >= 15 is 0 Å². The zero-order valence-corrected chi connectivity index (χ0v) is 13.5. The molecule has 0 aliphatic rings.